The van der Waals surface area contributed by atoms with Gasteiger partial charge in [0, 0.05) is 0 Å². The fraction of sp³-hybridized carbons (Fsp3) is 1.00. The molecule has 5 atom stereocenters. The Morgan fingerprint density at radius 1 is 1.40 bits per heavy atom. The van der Waals surface area contributed by atoms with E-state index in [9.17, 15) is 9.50 Å². The monoisotopic (exact) mass is 220 g/mol. The average Bonchev–Trinajstić information content (AvgIpc) is 2.60. The Morgan fingerprint density at radius 3 is 2.60 bits per heavy atom. The Kier molecular flexibility index (Phi) is 2.75. The number of ether oxygens (including phenoxy) is 3. The first-order chi connectivity index (χ1) is 6.94. The van der Waals surface area contributed by atoms with Crippen LogP contribution in [0, 0.1) is 0 Å². The van der Waals surface area contributed by atoms with E-state index in [0.717, 1.165) is 0 Å². The smallest absolute Gasteiger partial charge is 0.190 e. The van der Waals surface area contributed by atoms with E-state index in [4.69, 9.17) is 14.2 Å². The van der Waals surface area contributed by atoms with E-state index in [1.165, 1.54) is 0 Å². The molecule has 88 valence electrons. The van der Waals surface area contributed by atoms with Gasteiger partial charge in [0.1, 0.15) is 12.2 Å². The molecule has 0 aromatic rings. The van der Waals surface area contributed by atoms with E-state index < -0.39 is 36.6 Å². The highest BCUT2D eigenvalue weighted by atomic mass is 19.1. The van der Waals surface area contributed by atoms with Gasteiger partial charge in [-0.2, -0.15) is 0 Å². The molecule has 0 spiro atoms. The molecule has 4 nitrogen and oxygen atoms in total. The number of aliphatic hydroxyl groups excluding tert-OH is 1. The van der Waals surface area contributed by atoms with Crippen LogP contribution in [-0.2, 0) is 14.2 Å². The first-order valence-corrected chi connectivity index (χ1v) is 5.28. The molecule has 0 saturated carbocycles. The lowest BCUT2D eigenvalue weighted by molar-refractivity contribution is -0.221. The molecular weight excluding hydrogens is 203 g/mol. The summed E-state index contributed by atoms with van der Waals surface area (Å²) >= 11 is 0. The molecule has 0 aromatic carbocycles. The van der Waals surface area contributed by atoms with Crippen LogP contribution >= 0.6 is 0 Å². The van der Waals surface area contributed by atoms with Gasteiger partial charge in [0.2, 0.25) is 0 Å². The van der Waals surface area contributed by atoms with Crippen molar-refractivity contribution in [2.24, 2.45) is 0 Å². The lowest BCUT2D eigenvalue weighted by atomic mass is 10.1. The number of fused-ring (bicyclic) bond motifs is 1. The molecule has 1 N–H and O–H groups in total. The Morgan fingerprint density at radius 2 is 2.07 bits per heavy atom. The average molecular weight is 220 g/mol. The quantitative estimate of drug-likeness (QED) is 0.753. The van der Waals surface area contributed by atoms with E-state index in [1.807, 2.05) is 0 Å². The first kappa shape index (κ1) is 11.3. The molecule has 0 radical (unpaired) electrons. The van der Waals surface area contributed by atoms with Crippen LogP contribution in [0.25, 0.3) is 0 Å². The van der Waals surface area contributed by atoms with E-state index in [-0.39, 0.29) is 0 Å². The van der Waals surface area contributed by atoms with Crippen molar-refractivity contribution in [3.05, 3.63) is 0 Å². The summed E-state index contributed by atoms with van der Waals surface area (Å²) in [4.78, 5) is 0. The molecule has 2 rings (SSSR count). The van der Waals surface area contributed by atoms with Crippen molar-refractivity contribution in [3.8, 4) is 0 Å². The van der Waals surface area contributed by atoms with Gasteiger partial charge in [-0.05, 0) is 20.3 Å². The Labute approximate surface area is 88.3 Å². The highest BCUT2D eigenvalue weighted by Crippen LogP contribution is 2.39. The maximum absolute atomic E-state index is 13.8. The zero-order valence-electron chi connectivity index (χ0n) is 9.14. The molecule has 5 heteroatoms. The third kappa shape index (κ3) is 1.89. The number of rotatable bonds is 2. The van der Waals surface area contributed by atoms with Gasteiger partial charge in [0.15, 0.2) is 18.2 Å². The van der Waals surface area contributed by atoms with E-state index in [2.05, 4.69) is 0 Å². The highest BCUT2D eigenvalue weighted by Gasteiger charge is 2.56. The van der Waals surface area contributed by atoms with Crippen LogP contribution in [0.4, 0.5) is 4.39 Å². The van der Waals surface area contributed by atoms with Crippen molar-refractivity contribution in [2.45, 2.75) is 63.8 Å². The summed E-state index contributed by atoms with van der Waals surface area (Å²) in [7, 11) is 0. The summed E-state index contributed by atoms with van der Waals surface area (Å²) in [5.74, 6) is -0.804. The molecule has 0 aromatic heterocycles. The Balaban J connectivity index is 2.05. The summed E-state index contributed by atoms with van der Waals surface area (Å²) in [5, 5.41) is 9.54. The van der Waals surface area contributed by atoms with Crippen LogP contribution in [0.3, 0.4) is 0 Å². The summed E-state index contributed by atoms with van der Waals surface area (Å²) in [5.41, 5.74) is 0. The second-order valence-corrected chi connectivity index (χ2v) is 4.49. The molecular formula is C10H17FO4. The maximum Gasteiger partial charge on any atom is 0.190 e. The van der Waals surface area contributed by atoms with E-state index in [1.54, 1.807) is 20.8 Å². The van der Waals surface area contributed by atoms with Gasteiger partial charge < -0.3 is 19.3 Å². The number of hydrogen-bond acceptors (Lipinski definition) is 4. The van der Waals surface area contributed by atoms with Gasteiger partial charge >= 0.3 is 0 Å². The third-order valence-electron chi connectivity index (χ3n) is 2.80. The van der Waals surface area contributed by atoms with Crippen molar-refractivity contribution in [1.29, 1.82) is 0 Å². The van der Waals surface area contributed by atoms with Crippen molar-refractivity contribution in [1.82, 2.24) is 0 Å². The number of alkyl halides is 1. The van der Waals surface area contributed by atoms with Crippen LogP contribution < -0.4 is 0 Å². The Hall–Kier alpha value is -0.230. The van der Waals surface area contributed by atoms with Gasteiger partial charge in [-0.1, -0.05) is 6.92 Å². The second-order valence-electron chi connectivity index (χ2n) is 4.49. The lowest BCUT2D eigenvalue weighted by Gasteiger charge is -2.24. The summed E-state index contributed by atoms with van der Waals surface area (Å²) in [6.07, 6.45) is -3.92. The fourth-order valence-corrected chi connectivity index (χ4v) is 2.03. The summed E-state index contributed by atoms with van der Waals surface area (Å²) < 4.78 is 29.9. The number of halogens is 1. The molecule has 2 aliphatic rings. The standard InChI is InChI=1S/C10H17FO4/c1-4-5(12)7-6(11)8-9(13-7)15-10(2,3)14-8/h5-9,12H,4H2,1-3H3/t5-,6+,7+,8-,9-/m1/s1. The molecule has 0 unspecified atom stereocenters. The van der Waals surface area contributed by atoms with Crippen molar-refractivity contribution in [3.63, 3.8) is 0 Å². The molecule has 15 heavy (non-hydrogen) atoms. The van der Waals surface area contributed by atoms with Crippen LogP contribution in [0.1, 0.15) is 27.2 Å². The van der Waals surface area contributed by atoms with Crippen LogP contribution in [-0.4, -0.2) is 41.7 Å². The van der Waals surface area contributed by atoms with Gasteiger partial charge in [0.25, 0.3) is 0 Å². The molecule has 2 heterocycles. The Bertz CT molecular complexity index is 246. The minimum Gasteiger partial charge on any atom is -0.390 e. The largest absolute Gasteiger partial charge is 0.390 e. The molecule has 0 amide bonds. The van der Waals surface area contributed by atoms with E-state index in [0.29, 0.717) is 6.42 Å². The molecule has 2 fully saturated rings. The second kappa shape index (κ2) is 3.66. The highest BCUT2D eigenvalue weighted by molar-refractivity contribution is 4.95. The van der Waals surface area contributed by atoms with Gasteiger partial charge in [-0.3, -0.25) is 0 Å². The zero-order valence-corrected chi connectivity index (χ0v) is 9.14. The van der Waals surface area contributed by atoms with Crippen LogP contribution in [0.15, 0.2) is 0 Å². The normalized spacial score (nSPS) is 45.4. The topological polar surface area (TPSA) is 47.9 Å². The zero-order chi connectivity index (χ0) is 11.2. The molecule has 0 bridgehead atoms. The van der Waals surface area contributed by atoms with Crippen molar-refractivity contribution >= 4 is 0 Å². The van der Waals surface area contributed by atoms with Gasteiger partial charge in [-0.15, -0.1) is 0 Å². The van der Waals surface area contributed by atoms with Gasteiger partial charge in [-0.25, -0.2) is 4.39 Å². The lowest BCUT2D eigenvalue weighted by Crippen LogP contribution is -2.38. The molecule has 0 aliphatic carbocycles. The number of hydrogen-bond donors (Lipinski definition) is 1. The minimum absolute atomic E-state index is 0.452. The predicted octanol–water partition coefficient (Wildman–Crippen LogP) is 0.972. The molecule has 2 aliphatic heterocycles. The minimum atomic E-state index is -1.33. The van der Waals surface area contributed by atoms with Crippen molar-refractivity contribution < 1.29 is 23.7 Å². The summed E-state index contributed by atoms with van der Waals surface area (Å²) in [6, 6.07) is 0. The number of aliphatic hydroxyl groups is 1. The predicted molar refractivity (Wildman–Crippen MR) is 49.9 cm³/mol. The molecule has 2 saturated heterocycles. The SMILES string of the molecule is CC[C@@H](O)[C@@H]1O[C@@H]2OC(C)(C)O[C@@H]2[C@H]1F. The van der Waals surface area contributed by atoms with Crippen molar-refractivity contribution in [2.75, 3.05) is 0 Å². The fourth-order valence-electron chi connectivity index (χ4n) is 2.03. The summed E-state index contributed by atoms with van der Waals surface area (Å²) in [6.45, 7) is 5.21. The van der Waals surface area contributed by atoms with Crippen LogP contribution in [0.2, 0.25) is 0 Å². The third-order valence-corrected chi connectivity index (χ3v) is 2.80. The van der Waals surface area contributed by atoms with Crippen LogP contribution in [0.5, 0.6) is 0 Å². The first-order valence-electron chi connectivity index (χ1n) is 5.28. The van der Waals surface area contributed by atoms with E-state index >= 15 is 0 Å². The van der Waals surface area contributed by atoms with Gasteiger partial charge in [0.05, 0.1) is 6.10 Å². The maximum atomic E-state index is 13.8.